The van der Waals surface area contributed by atoms with Crippen molar-refractivity contribution in [1.29, 1.82) is 0 Å². The van der Waals surface area contributed by atoms with Crippen LogP contribution in [0.15, 0.2) is 66.3 Å². The molecule has 9 heteroatoms. The number of halogens is 1. The number of benzene rings is 2. The third-order valence-electron chi connectivity index (χ3n) is 5.92. The number of anilines is 1. The van der Waals surface area contributed by atoms with Gasteiger partial charge in [-0.1, -0.05) is 55.5 Å². The van der Waals surface area contributed by atoms with Crippen LogP contribution < -0.4 is 10.2 Å². The van der Waals surface area contributed by atoms with Crippen LogP contribution >= 0.6 is 0 Å². The molecule has 4 rings (SSSR count). The Kier molecular flexibility index (Phi) is 6.98. The SMILES string of the molecule is CCc1cccc([C@@H]2c3ccccc3CN2c2cnc(C(=O)N[C@H](C)/C=C/S(C)(=O)=O)cn2)c1F. The van der Waals surface area contributed by atoms with E-state index in [1.165, 1.54) is 18.5 Å². The Bertz CT molecular complexity index is 1370. The molecule has 1 aliphatic heterocycles. The van der Waals surface area contributed by atoms with Crippen LogP contribution in [0, 0.1) is 5.82 Å². The van der Waals surface area contributed by atoms with Gasteiger partial charge in [0.2, 0.25) is 0 Å². The Hall–Kier alpha value is -3.59. The van der Waals surface area contributed by atoms with Crippen molar-refractivity contribution in [3.8, 4) is 0 Å². The van der Waals surface area contributed by atoms with Crippen molar-refractivity contribution >= 4 is 21.6 Å². The maximum atomic E-state index is 15.4. The molecule has 35 heavy (non-hydrogen) atoms. The first-order chi connectivity index (χ1) is 16.7. The minimum absolute atomic E-state index is 0.0979. The number of hydrogen-bond donors (Lipinski definition) is 1. The van der Waals surface area contributed by atoms with Crippen LogP contribution in [-0.2, 0) is 22.8 Å². The summed E-state index contributed by atoms with van der Waals surface area (Å²) in [4.78, 5) is 23.3. The second-order valence-electron chi connectivity index (χ2n) is 8.58. The molecule has 0 unspecified atom stereocenters. The van der Waals surface area contributed by atoms with E-state index in [9.17, 15) is 13.2 Å². The lowest BCUT2D eigenvalue weighted by molar-refractivity contribution is 0.0941. The van der Waals surface area contributed by atoms with Crippen LogP contribution in [-0.4, -0.2) is 36.6 Å². The number of amides is 1. The number of sulfone groups is 1. The Labute approximate surface area is 204 Å². The lowest BCUT2D eigenvalue weighted by Crippen LogP contribution is -2.32. The van der Waals surface area contributed by atoms with E-state index in [0.717, 1.165) is 22.8 Å². The summed E-state index contributed by atoms with van der Waals surface area (Å²) in [6.45, 7) is 4.12. The average molecular weight is 495 g/mol. The van der Waals surface area contributed by atoms with Gasteiger partial charge in [-0.25, -0.2) is 22.8 Å². The topological polar surface area (TPSA) is 92.3 Å². The Morgan fingerprint density at radius 3 is 2.60 bits per heavy atom. The van der Waals surface area contributed by atoms with Gasteiger partial charge in [-0.3, -0.25) is 4.79 Å². The van der Waals surface area contributed by atoms with Crippen LogP contribution in [0.25, 0.3) is 0 Å². The molecular weight excluding hydrogens is 467 g/mol. The normalized spacial score (nSPS) is 16.3. The van der Waals surface area contributed by atoms with Crippen LogP contribution in [0.3, 0.4) is 0 Å². The minimum Gasteiger partial charge on any atom is -0.345 e. The number of aryl methyl sites for hydroxylation is 1. The van der Waals surface area contributed by atoms with E-state index in [1.807, 2.05) is 42.2 Å². The van der Waals surface area contributed by atoms with Crippen molar-refractivity contribution in [3.63, 3.8) is 0 Å². The Balaban J connectivity index is 1.61. The van der Waals surface area contributed by atoms with E-state index in [4.69, 9.17) is 0 Å². The van der Waals surface area contributed by atoms with Crippen molar-refractivity contribution in [1.82, 2.24) is 15.3 Å². The summed E-state index contributed by atoms with van der Waals surface area (Å²) in [5.41, 5.74) is 3.41. The van der Waals surface area contributed by atoms with E-state index >= 15 is 4.39 Å². The predicted molar refractivity (Wildman–Crippen MR) is 133 cm³/mol. The molecule has 0 radical (unpaired) electrons. The molecule has 0 spiro atoms. The van der Waals surface area contributed by atoms with Crippen LogP contribution in [0.2, 0.25) is 0 Å². The van der Waals surface area contributed by atoms with Gasteiger partial charge in [0.15, 0.2) is 9.84 Å². The molecular formula is C26H27FN4O3S. The number of carbonyl (C=O) groups is 1. The van der Waals surface area contributed by atoms with Crippen molar-refractivity contribution < 1.29 is 17.6 Å². The summed E-state index contributed by atoms with van der Waals surface area (Å²) in [5.74, 6) is -0.173. The fraction of sp³-hybridized carbons (Fsp3) is 0.269. The van der Waals surface area contributed by atoms with Gasteiger partial charge in [0.05, 0.1) is 18.4 Å². The quantitative estimate of drug-likeness (QED) is 0.535. The number of hydrogen-bond acceptors (Lipinski definition) is 6. The molecule has 1 aromatic heterocycles. The Morgan fingerprint density at radius 1 is 1.17 bits per heavy atom. The standard InChI is InChI=1S/C26H27FN4O3S/c1-4-18-9-7-11-21(24(18)27)25-20-10-6-5-8-19(20)16-31(25)23-15-28-22(14-29-23)26(32)30-17(2)12-13-35(3,33)34/h5-15,17,25H,4,16H2,1-3H3,(H,30,32)/b13-12+/t17-,25+/m1/s1. The van der Waals surface area contributed by atoms with Gasteiger partial charge in [-0.05, 0) is 30.0 Å². The number of nitrogens with zero attached hydrogens (tertiary/aromatic N) is 3. The van der Waals surface area contributed by atoms with Crippen molar-refractivity contribution in [2.75, 3.05) is 11.2 Å². The first-order valence-electron chi connectivity index (χ1n) is 11.3. The molecule has 3 aromatic rings. The molecule has 182 valence electrons. The summed E-state index contributed by atoms with van der Waals surface area (Å²) in [5, 5.41) is 3.72. The molecule has 7 nitrogen and oxygen atoms in total. The van der Waals surface area contributed by atoms with Gasteiger partial charge in [0.1, 0.15) is 17.3 Å². The fourth-order valence-electron chi connectivity index (χ4n) is 4.20. The first-order valence-corrected chi connectivity index (χ1v) is 13.3. The molecule has 0 fully saturated rings. The Morgan fingerprint density at radius 2 is 1.91 bits per heavy atom. The van der Waals surface area contributed by atoms with Crippen LogP contribution in [0.1, 0.15) is 52.6 Å². The summed E-state index contributed by atoms with van der Waals surface area (Å²) in [7, 11) is -3.29. The third kappa shape index (κ3) is 5.40. The van der Waals surface area contributed by atoms with Crippen molar-refractivity contribution in [3.05, 3.63) is 100 Å². The highest BCUT2D eigenvalue weighted by atomic mass is 32.2. The molecule has 0 aliphatic carbocycles. The average Bonchev–Trinajstić information content (AvgIpc) is 3.22. The number of carbonyl (C=O) groups excluding carboxylic acids is 1. The molecule has 1 amide bonds. The maximum Gasteiger partial charge on any atom is 0.271 e. The highest BCUT2D eigenvalue weighted by Crippen LogP contribution is 2.41. The number of rotatable bonds is 7. The van der Waals surface area contributed by atoms with Gasteiger partial charge in [-0.15, -0.1) is 0 Å². The molecule has 2 atom stereocenters. The van der Waals surface area contributed by atoms with Gasteiger partial charge < -0.3 is 10.2 Å². The zero-order chi connectivity index (χ0) is 25.2. The van der Waals surface area contributed by atoms with Gasteiger partial charge in [-0.2, -0.15) is 0 Å². The molecule has 1 aliphatic rings. The van der Waals surface area contributed by atoms with E-state index in [1.54, 1.807) is 19.1 Å². The lowest BCUT2D eigenvalue weighted by atomic mass is 9.95. The number of aromatic nitrogens is 2. The molecule has 0 saturated carbocycles. The van der Waals surface area contributed by atoms with E-state index < -0.39 is 21.8 Å². The highest BCUT2D eigenvalue weighted by Gasteiger charge is 2.34. The molecule has 0 bridgehead atoms. The number of nitrogens with one attached hydrogen (secondary N) is 1. The molecule has 0 saturated heterocycles. The van der Waals surface area contributed by atoms with E-state index in [2.05, 4.69) is 15.3 Å². The van der Waals surface area contributed by atoms with Crippen LogP contribution in [0.4, 0.5) is 10.2 Å². The number of fused-ring (bicyclic) bond motifs is 1. The molecule has 1 N–H and O–H groups in total. The van der Waals surface area contributed by atoms with Crippen LogP contribution in [0.5, 0.6) is 0 Å². The largest absolute Gasteiger partial charge is 0.345 e. The molecule has 2 aromatic carbocycles. The van der Waals surface area contributed by atoms with Crippen molar-refractivity contribution in [2.24, 2.45) is 0 Å². The van der Waals surface area contributed by atoms with E-state index in [0.29, 0.717) is 29.9 Å². The zero-order valence-electron chi connectivity index (χ0n) is 19.8. The van der Waals surface area contributed by atoms with Gasteiger partial charge in [0, 0.05) is 29.8 Å². The van der Waals surface area contributed by atoms with Gasteiger partial charge >= 0.3 is 0 Å². The second kappa shape index (κ2) is 9.95. The fourth-order valence-corrected chi connectivity index (χ4v) is 4.72. The second-order valence-corrected chi connectivity index (χ2v) is 10.5. The lowest BCUT2D eigenvalue weighted by Gasteiger charge is -2.27. The minimum atomic E-state index is -3.29. The van der Waals surface area contributed by atoms with Crippen molar-refractivity contribution in [2.45, 2.75) is 38.9 Å². The summed E-state index contributed by atoms with van der Waals surface area (Å²) in [6, 6.07) is 12.5. The van der Waals surface area contributed by atoms with Gasteiger partial charge in [0.25, 0.3) is 5.91 Å². The first kappa shape index (κ1) is 24.5. The monoisotopic (exact) mass is 494 g/mol. The smallest absolute Gasteiger partial charge is 0.271 e. The summed E-state index contributed by atoms with van der Waals surface area (Å²) >= 11 is 0. The zero-order valence-corrected chi connectivity index (χ0v) is 20.6. The third-order valence-corrected chi connectivity index (χ3v) is 6.58. The highest BCUT2D eigenvalue weighted by molar-refractivity contribution is 7.93. The summed E-state index contributed by atoms with van der Waals surface area (Å²) in [6.07, 6.45) is 5.94. The molecule has 2 heterocycles. The predicted octanol–water partition coefficient (Wildman–Crippen LogP) is 3.96. The summed E-state index contributed by atoms with van der Waals surface area (Å²) < 4.78 is 37.9. The maximum absolute atomic E-state index is 15.4. The van der Waals surface area contributed by atoms with E-state index in [-0.39, 0.29) is 17.6 Å².